The first-order chi connectivity index (χ1) is 12.2. The summed E-state index contributed by atoms with van der Waals surface area (Å²) in [6, 6.07) is 13.3. The molecule has 0 aliphatic carbocycles. The van der Waals surface area contributed by atoms with E-state index in [2.05, 4.69) is 25.3 Å². The number of aromatic nitrogens is 4. The number of fused-ring (bicyclic) bond motifs is 1. The van der Waals surface area contributed by atoms with E-state index in [0.717, 1.165) is 27.8 Å². The van der Waals surface area contributed by atoms with Gasteiger partial charge in [0.25, 0.3) is 0 Å². The Morgan fingerprint density at radius 3 is 2.68 bits per heavy atom. The van der Waals surface area contributed by atoms with E-state index in [9.17, 15) is 0 Å². The quantitative estimate of drug-likeness (QED) is 0.577. The summed E-state index contributed by atoms with van der Waals surface area (Å²) in [7, 11) is 0. The van der Waals surface area contributed by atoms with Gasteiger partial charge < -0.3 is 5.32 Å². The molecule has 0 saturated heterocycles. The lowest BCUT2D eigenvalue weighted by Gasteiger charge is -2.11. The minimum absolute atomic E-state index is 0.602. The van der Waals surface area contributed by atoms with Crippen molar-refractivity contribution >= 4 is 34.0 Å². The first-order valence-electron chi connectivity index (χ1n) is 7.76. The van der Waals surface area contributed by atoms with Gasteiger partial charge in [0.1, 0.15) is 5.82 Å². The van der Waals surface area contributed by atoms with Crippen LogP contribution in [-0.4, -0.2) is 19.9 Å². The highest BCUT2D eigenvalue weighted by molar-refractivity contribution is 6.31. The summed E-state index contributed by atoms with van der Waals surface area (Å²) in [6.45, 7) is 1.95. The molecule has 0 unspecified atom stereocenters. The smallest absolute Gasteiger partial charge is 0.163 e. The first kappa shape index (κ1) is 15.5. The molecule has 0 aliphatic rings. The number of aryl methyl sites for hydroxylation is 1. The maximum absolute atomic E-state index is 6.17. The molecule has 122 valence electrons. The second kappa shape index (κ2) is 6.45. The maximum Gasteiger partial charge on any atom is 0.163 e. The number of pyridine rings is 2. The van der Waals surface area contributed by atoms with E-state index < -0.39 is 0 Å². The zero-order valence-corrected chi connectivity index (χ0v) is 14.2. The lowest BCUT2D eigenvalue weighted by atomic mass is 10.2. The van der Waals surface area contributed by atoms with Crippen molar-refractivity contribution in [3.63, 3.8) is 0 Å². The minimum Gasteiger partial charge on any atom is -0.338 e. The van der Waals surface area contributed by atoms with E-state index in [4.69, 9.17) is 11.6 Å². The van der Waals surface area contributed by atoms with E-state index in [-0.39, 0.29) is 0 Å². The normalized spacial score (nSPS) is 10.8. The van der Waals surface area contributed by atoms with Gasteiger partial charge in [-0.05, 0) is 49.4 Å². The van der Waals surface area contributed by atoms with E-state index in [0.29, 0.717) is 16.7 Å². The largest absolute Gasteiger partial charge is 0.338 e. The van der Waals surface area contributed by atoms with Gasteiger partial charge in [0.05, 0.1) is 17.4 Å². The van der Waals surface area contributed by atoms with E-state index in [1.165, 1.54) is 0 Å². The highest BCUT2D eigenvalue weighted by Crippen LogP contribution is 2.29. The Morgan fingerprint density at radius 2 is 1.92 bits per heavy atom. The SMILES string of the molecule is Cc1ccc(Nc2nc(-c3cccnc3)nc3ccc(Cl)cc23)cn1. The molecule has 0 saturated carbocycles. The standard InChI is InChI=1S/C19H14ClN5/c1-12-4-6-15(11-22-12)23-19-16-9-14(20)5-7-17(16)24-18(25-19)13-3-2-8-21-10-13/h2-11H,1H3,(H,23,24,25). The predicted octanol–water partition coefficient (Wildman–Crippen LogP) is 4.79. The second-order valence-electron chi connectivity index (χ2n) is 5.61. The van der Waals surface area contributed by atoms with Crippen LogP contribution in [0.2, 0.25) is 5.02 Å². The molecule has 0 amide bonds. The summed E-state index contributed by atoms with van der Waals surface area (Å²) in [5.41, 5.74) is 3.46. The molecule has 1 N–H and O–H groups in total. The Labute approximate surface area is 149 Å². The van der Waals surface area contributed by atoms with Gasteiger partial charge in [0, 0.05) is 34.1 Å². The predicted molar refractivity (Wildman–Crippen MR) is 100 cm³/mol. The molecule has 3 aromatic heterocycles. The molecule has 1 aromatic carbocycles. The van der Waals surface area contributed by atoms with Crippen molar-refractivity contribution < 1.29 is 0 Å². The monoisotopic (exact) mass is 347 g/mol. The third-order valence-corrected chi connectivity index (χ3v) is 3.99. The number of rotatable bonds is 3. The van der Waals surface area contributed by atoms with Crippen molar-refractivity contribution in [2.24, 2.45) is 0 Å². The zero-order valence-electron chi connectivity index (χ0n) is 13.4. The Bertz CT molecular complexity index is 1030. The summed E-state index contributed by atoms with van der Waals surface area (Å²) in [6.07, 6.45) is 5.24. The molecule has 5 nitrogen and oxygen atoms in total. The van der Waals surface area contributed by atoms with Crippen LogP contribution in [0.4, 0.5) is 11.5 Å². The Morgan fingerprint density at radius 1 is 1.00 bits per heavy atom. The van der Waals surface area contributed by atoms with Gasteiger partial charge in [-0.25, -0.2) is 9.97 Å². The summed E-state index contributed by atoms with van der Waals surface area (Å²) in [5.74, 6) is 1.28. The molecule has 3 heterocycles. The van der Waals surface area contributed by atoms with E-state index in [1.807, 2.05) is 49.4 Å². The molecule has 0 atom stereocenters. The topological polar surface area (TPSA) is 63.6 Å². The van der Waals surface area contributed by atoms with Crippen LogP contribution in [0.25, 0.3) is 22.3 Å². The lowest BCUT2D eigenvalue weighted by Crippen LogP contribution is -2.00. The van der Waals surface area contributed by atoms with Crippen LogP contribution in [0.3, 0.4) is 0 Å². The second-order valence-corrected chi connectivity index (χ2v) is 6.05. The lowest BCUT2D eigenvalue weighted by molar-refractivity contribution is 1.18. The van der Waals surface area contributed by atoms with Gasteiger partial charge in [0.2, 0.25) is 0 Å². The van der Waals surface area contributed by atoms with Gasteiger partial charge in [-0.3, -0.25) is 9.97 Å². The van der Waals surface area contributed by atoms with Crippen molar-refractivity contribution in [2.75, 3.05) is 5.32 Å². The maximum atomic E-state index is 6.17. The van der Waals surface area contributed by atoms with Crippen molar-refractivity contribution in [3.05, 3.63) is 71.8 Å². The molecule has 25 heavy (non-hydrogen) atoms. The van der Waals surface area contributed by atoms with Crippen LogP contribution >= 0.6 is 11.6 Å². The van der Waals surface area contributed by atoms with Crippen LogP contribution in [0.1, 0.15) is 5.69 Å². The Kier molecular flexibility index (Phi) is 3.99. The van der Waals surface area contributed by atoms with Crippen LogP contribution in [0.5, 0.6) is 0 Å². The number of hydrogen-bond donors (Lipinski definition) is 1. The number of hydrogen-bond acceptors (Lipinski definition) is 5. The van der Waals surface area contributed by atoms with E-state index in [1.54, 1.807) is 18.6 Å². The first-order valence-corrected chi connectivity index (χ1v) is 8.14. The van der Waals surface area contributed by atoms with Gasteiger partial charge in [-0.1, -0.05) is 11.6 Å². The van der Waals surface area contributed by atoms with Crippen molar-refractivity contribution in [3.8, 4) is 11.4 Å². The van der Waals surface area contributed by atoms with Crippen molar-refractivity contribution in [1.82, 2.24) is 19.9 Å². The number of nitrogens with zero attached hydrogens (tertiary/aromatic N) is 4. The van der Waals surface area contributed by atoms with Gasteiger partial charge >= 0.3 is 0 Å². The number of anilines is 2. The molecule has 0 bridgehead atoms. The average Bonchev–Trinajstić information content (AvgIpc) is 2.64. The van der Waals surface area contributed by atoms with Crippen LogP contribution in [0, 0.1) is 6.92 Å². The third kappa shape index (κ3) is 3.27. The summed E-state index contributed by atoms with van der Waals surface area (Å²) in [5, 5.41) is 4.80. The van der Waals surface area contributed by atoms with Crippen LogP contribution in [0.15, 0.2) is 61.1 Å². The van der Waals surface area contributed by atoms with Crippen LogP contribution in [-0.2, 0) is 0 Å². The Hall–Kier alpha value is -3.05. The summed E-state index contributed by atoms with van der Waals surface area (Å²) in [4.78, 5) is 17.8. The molecule has 4 aromatic rings. The van der Waals surface area contributed by atoms with Gasteiger partial charge in [-0.15, -0.1) is 0 Å². The van der Waals surface area contributed by atoms with E-state index >= 15 is 0 Å². The number of nitrogens with one attached hydrogen (secondary N) is 1. The molecular formula is C19H14ClN5. The molecule has 4 rings (SSSR count). The van der Waals surface area contributed by atoms with Crippen molar-refractivity contribution in [1.29, 1.82) is 0 Å². The zero-order chi connectivity index (χ0) is 17.2. The average molecular weight is 348 g/mol. The number of halogens is 1. The molecule has 0 aliphatic heterocycles. The summed E-state index contributed by atoms with van der Waals surface area (Å²) >= 11 is 6.17. The molecule has 0 spiro atoms. The molecular weight excluding hydrogens is 334 g/mol. The Balaban J connectivity index is 1.87. The minimum atomic E-state index is 0.602. The fraction of sp³-hybridized carbons (Fsp3) is 0.0526. The molecule has 0 fully saturated rings. The van der Waals surface area contributed by atoms with Gasteiger partial charge in [-0.2, -0.15) is 0 Å². The third-order valence-electron chi connectivity index (χ3n) is 3.75. The fourth-order valence-electron chi connectivity index (χ4n) is 2.50. The fourth-order valence-corrected chi connectivity index (χ4v) is 2.67. The highest BCUT2D eigenvalue weighted by atomic mass is 35.5. The van der Waals surface area contributed by atoms with Gasteiger partial charge in [0.15, 0.2) is 5.82 Å². The highest BCUT2D eigenvalue weighted by Gasteiger charge is 2.11. The van der Waals surface area contributed by atoms with Crippen molar-refractivity contribution in [2.45, 2.75) is 6.92 Å². The molecule has 0 radical (unpaired) electrons. The van der Waals surface area contributed by atoms with Crippen LogP contribution < -0.4 is 5.32 Å². The summed E-state index contributed by atoms with van der Waals surface area (Å²) < 4.78 is 0. The molecule has 6 heteroatoms. The number of benzene rings is 1.